The maximum atomic E-state index is 13.1. The highest BCUT2D eigenvalue weighted by Crippen LogP contribution is 2.06. The molecule has 0 unspecified atom stereocenters. The lowest BCUT2D eigenvalue weighted by Gasteiger charge is -2.25. The fourth-order valence-electron chi connectivity index (χ4n) is 3.27. The van der Waals surface area contributed by atoms with Crippen molar-refractivity contribution in [3.8, 4) is 0 Å². The first-order valence-electron chi connectivity index (χ1n) is 12.4. The summed E-state index contributed by atoms with van der Waals surface area (Å²) < 4.78 is 5.02. The molecule has 0 bridgehead atoms. The molecule has 39 heavy (non-hydrogen) atoms. The lowest BCUT2D eigenvalue weighted by molar-refractivity contribution is -0.134. The number of furan rings is 1. The van der Waals surface area contributed by atoms with Crippen LogP contribution in [0, 0.1) is 0 Å². The molecule has 0 aromatic carbocycles. The molecule has 0 aliphatic carbocycles. The van der Waals surface area contributed by atoms with Gasteiger partial charge in [0.1, 0.15) is 18.1 Å². The second kappa shape index (κ2) is 17.4. The second-order valence-electron chi connectivity index (χ2n) is 8.73. The Morgan fingerprint density at radius 3 is 2.03 bits per heavy atom. The van der Waals surface area contributed by atoms with Gasteiger partial charge in [-0.2, -0.15) is 0 Å². The second-order valence-corrected chi connectivity index (χ2v) is 8.73. The zero-order valence-electron chi connectivity index (χ0n) is 21.9. The molecular weight excluding hydrogens is 514 g/mol. The fourth-order valence-corrected chi connectivity index (χ4v) is 3.27. The van der Waals surface area contributed by atoms with Crippen molar-refractivity contribution in [1.82, 2.24) is 21.3 Å². The van der Waals surface area contributed by atoms with Crippen LogP contribution in [0.4, 0.5) is 0 Å². The Kier molecular flexibility index (Phi) is 14.6. The zero-order chi connectivity index (χ0) is 29.4. The average Bonchev–Trinajstić information content (AvgIpc) is 3.42. The number of carbonyl (C=O) groups excluding carboxylic acids is 5. The van der Waals surface area contributed by atoms with Crippen LogP contribution in [-0.2, 0) is 19.2 Å². The van der Waals surface area contributed by atoms with Crippen molar-refractivity contribution in [2.75, 3.05) is 19.7 Å². The van der Waals surface area contributed by atoms with Crippen LogP contribution in [0.2, 0.25) is 0 Å². The van der Waals surface area contributed by atoms with Crippen molar-refractivity contribution < 1.29 is 33.5 Å². The minimum atomic E-state index is -1.36. The van der Waals surface area contributed by atoms with Crippen molar-refractivity contribution in [3.63, 3.8) is 0 Å². The van der Waals surface area contributed by atoms with Gasteiger partial charge in [0.15, 0.2) is 11.7 Å². The minimum Gasteiger partial charge on any atom is -0.459 e. The van der Waals surface area contributed by atoms with Crippen molar-refractivity contribution in [1.29, 1.82) is 0 Å². The number of unbranched alkanes of at least 4 members (excludes halogenated alkanes) is 1. The number of aliphatic hydroxyl groups excluding tert-OH is 1. The van der Waals surface area contributed by atoms with Crippen LogP contribution in [0.1, 0.15) is 49.6 Å². The number of carbonyl (C=O) groups is 5. The molecule has 0 aliphatic heterocycles. The first-order chi connectivity index (χ1) is 18.5. The molecule has 0 saturated heterocycles. The largest absolute Gasteiger partial charge is 0.459 e. The van der Waals surface area contributed by atoms with Gasteiger partial charge in [-0.25, -0.2) is 0 Å². The van der Waals surface area contributed by atoms with E-state index in [0.29, 0.717) is 19.3 Å². The summed E-state index contributed by atoms with van der Waals surface area (Å²) in [6.45, 7) is 1.17. The molecule has 16 heteroatoms. The number of guanidine groups is 1. The predicted molar refractivity (Wildman–Crippen MR) is 141 cm³/mol. The third-order valence-corrected chi connectivity index (χ3v) is 5.42. The van der Waals surface area contributed by atoms with Gasteiger partial charge >= 0.3 is 0 Å². The van der Waals surface area contributed by atoms with Crippen LogP contribution in [0.25, 0.3) is 0 Å². The van der Waals surface area contributed by atoms with E-state index < -0.39 is 60.3 Å². The predicted octanol–water partition coefficient (Wildman–Crippen LogP) is -3.49. The summed E-state index contributed by atoms with van der Waals surface area (Å²) in [6, 6.07) is -1.38. The minimum absolute atomic E-state index is 0.104. The number of hydrogen-bond donors (Lipinski definition) is 9. The molecule has 5 amide bonds. The number of nitrogens with two attached hydrogens (primary N) is 4. The summed E-state index contributed by atoms with van der Waals surface area (Å²) in [4.78, 5) is 65.5. The molecule has 218 valence electrons. The average molecular weight is 554 g/mol. The molecular formula is C23H39N9O7. The molecule has 0 spiro atoms. The molecule has 0 saturated carbocycles. The van der Waals surface area contributed by atoms with Gasteiger partial charge in [0.25, 0.3) is 5.91 Å². The molecule has 1 heterocycles. The number of nitrogens with zero attached hydrogens (tertiary/aromatic N) is 1. The SMILES string of the molecule is C[C@H](N)C(=O)N[C@@H](CCCN=C(N)N)C(=O)N[C@@H](CCCCNC(=O)c1ccco1)C(=O)N[C@@H](CO)C(N)=O. The molecule has 1 aromatic heterocycles. The highest BCUT2D eigenvalue weighted by molar-refractivity contribution is 5.94. The van der Waals surface area contributed by atoms with Crippen LogP contribution in [0.3, 0.4) is 0 Å². The summed E-state index contributed by atoms with van der Waals surface area (Å²) >= 11 is 0. The molecule has 0 radical (unpaired) electrons. The third-order valence-electron chi connectivity index (χ3n) is 5.42. The number of aliphatic hydroxyl groups is 1. The van der Waals surface area contributed by atoms with Gasteiger partial charge in [-0.3, -0.25) is 29.0 Å². The zero-order valence-corrected chi connectivity index (χ0v) is 21.9. The molecule has 4 atom stereocenters. The standard InChI is InChI=1S/C23H39N9O7/c1-13(24)19(35)30-15(7-4-10-29-23(26)27)20(36)31-14(21(37)32-16(12-33)18(25)34)6-2-3-9-28-22(38)17-8-5-11-39-17/h5,8,11,13-16,33H,2-4,6-7,9-10,12,24H2,1H3,(H2,25,34)(H,28,38)(H,30,35)(H,31,36)(H,32,37)(H4,26,27,29)/t13-,14-,15-,16-/m0/s1. The van der Waals surface area contributed by atoms with E-state index in [2.05, 4.69) is 26.3 Å². The van der Waals surface area contributed by atoms with E-state index in [9.17, 15) is 29.1 Å². The van der Waals surface area contributed by atoms with E-state index in [1.165, 1.54) is 19.3 Å². The normalized spacial score (nSPS) is 13.7. The highest BCUT2D eigenvalue weighted by Gasteiger charge is 2.29. The Labute approximate surface area is 225 Å². The summed E-state index contributed by atoms with van der Waals surface area (Å²) in [5, 5.41) is 19.4. The molecule has 16 nitrogen and oxygen atoms in total. The van der Waals surface area contributed by atoms with Crippen LogP contribution >= 0.6 is 0 Å². The van der Waals surface area contributed by atoms with E-state index >= 15 is 0 Å². The van der Waals surface area contributed by atoms with Crippen LogP contribution in [0.15, 0.2) is 27.8 Å². The van der Waals surface area contributed by atoms with Gasteiger partial charge in [-0.05, 0) is 51.2 Å². The first-order valence-corrected chi connectivity index (χ1v) is 12.4. The van der Waals surface area contributed by atoms with Crippen LogP contribution < -0.4 is 44.2 Å². The summed E-state index contributed by atoms with van der Waals surface area (Å²) in [6.07, 6.45) is 2.75. The number of hydrogen-bond acceptors (Lipinski definition) is 9. The molecule has 0 aliphatic rings. The van der Waals surface area contributed by atoms with E-state index in [-0.39, 0.29) is 37.7 Å². The van der Waals surface area contributed by atoms with E-state index in [4.69, 9.17) is 27.4 Å². The van der Waals surface area contributed by atoms with Crippen molar-refractivity contribution >= 4 is 35.5 Å². The van der Waals surface area contributed by atoms with Gasteiger partial charge in [-0.1, -0.05) is 0 Å². The Morgan fingerprint density at radius 1 is 0.923 bits per heavy atom. The maximum Gasteiger partial charge on any atom is 0.286 e. The Bertz CT molecular complexity index is 979. The Hall–Kier alpha value is -4.18. The maximum absolute atomic E-state index is 13.1. The molecule has 1 rings (SSSR count). The van der Waals surface area contributed by atoms with Crippen LogP contribution in [-0.4, -0.2) is 84.5 Å². The number of amides is 5. The van der Waals surface area contributed by atoms with Gasteiger partial charge in [0, 0.05) is 13.1 Å². The lowest BCUT2D eigenvalue weighted by atomic mass is 10.1. The molecule has 1 aromatic rings. The number of aliphatic imine (C=N–C) groups is 1. The summed E-state index contributed by atoms with van der Waals surface area (Å²) in [7, 11) is 0. The number of rotatable bonds is 18. The highest BCUT2D eigenvalue weighted by atomic mass is 16.3. The monoisotopic (exact) mass is 553 g/mol. The number of primary amides is 1. The topological polar surface area (TPSA) is 283 Å². The smallest absolute Gasteiger partial charge is 0.286 e. The first kappa shape index (κ1) is 32.8. The van der Waals surface area contributed by atoms with Crippen molar-refractivity contribution in [2.24, 2.45) is 27.9 Å². The van der Waals surface area contributed by atoms with Crippen molar-refractivity contribution in [2.45, 2.75) is 63.2 Å². The third kappa shape index (κ3) is 12.8. The molecule has 13 N–H and O–H groups in total. The van der Waals surface area contributed by atoms with Crippen LogP contribution in [0.5, 0.6) is 0 Å². The van der Waals surface area contributed by atoms with Gasteiger partial charge in [0.05, 0.1) is 18.9 Å². The van der Waals surface area contributed by atoms with Crippen molar-refractivity contribution in [3.05, 3.63) is 24.2 Å². The van der Waals surface area contributed by atoms with Gasteiger partial charge < -0.3 is 53.7 Å². The quantitative estimate of drug-likeness (QED) is 0.0491. The Morgan fingerprint density at radius 2 is 1.51 bits per heavy atom. The van der Waals surface area contributed by atoms with Gasteiger partial charge in [-0.15, -0.1) is 0 Å². The lowest BCUT2D eigenvalue weighted by Crippen LogP contribution is -2.57. The summed E-state index contributed by atoms with van der Waals surface area (Å²) in [5.41, 5.74) is 21.4. The van der Waals surface area contributed by atoms with Gasteiger partial charge in [0.2, 0.25) is 23.6 Å². The fraction of sp³-hybridized carbons (Fsp3) is 0.565. The number of nitrogens with one attached hydrogen (secondary N) is 4. The van der Waals surface area contributed by atoms with E-state index in [1.54, 1.807) is 6.07 Å². The van der Waals surface area contributed by atoms with E-state index in [1.807, 2.05) is 0 Å². The summed E-state index contributed by atoms with van der Waals surface area (Å²) in [5.74, 6) is -3.36. The van der Waals surface area contributed by atoms with E-state index in [0.717, 1.165) is 0 Å². The molecule has 0 fully saturated rings. The Balaban J connectivity index is 2.87.